The van der Waals surface area contributed by atoms with Crippen LogP contribution in [0.4, 0.5) is 5.69 Å². The first-order valence-corrected chi connectivity index (χ1v) is 10.7. The molecule has 5 aromatic rings. The predicted octanol–water partition coefficient (Wildman–Crippen LogP) is 3.68. The van der Waals surface area contributed by atoms with Crippen molar-refractivity contribution in [1.82, 2.24) is 23.8 Å². The van der Waals surface area contributed by atoms with Gasteiger partial charge in [-0.05, 0) is 68.7 Å². The van der Waals surface area contributed by atoms with Gasteiger partial charge >= 0.3 is 5.69 Å². The number of rotatable bonds is 4. The number of carbonyl (C=O) groups is 1. The van der Waals surface area contributed by atoms with Crippen LogP contribution in [0.5, 0.6) is 0 Å². The fraction of sp³-hybridized carbons (Fsp3) is 0.200. The highest BCUT2D eigenvalue weighted by Crippen LogP contribution is 2.25. The topological polar surface area (TPSA) is 85.7 Å². The number of carbonyl (C=O) groups excluding carboxylic acids is 1. The van der Waals surface area contributed by atoms with Crippen LogP contribution in [0.3, 0.4) is 0 Å². The smallest absolute Gasteiger partial charge is 0.324 e. The summed E-state index contributed by atoms with van der Waals surface area (Å²) in [5.41, 5.74) is 7.79. The molecule has 8 nitrogen and oxygen atoms in total. The molecule has 1 amide bonds. The van der Waals surface area contributed by atoms with Crippen LogP contribution in [0.25, 0.3) is 22.4 Å². The summed E-state index contributed by atoms with van der Waals surface area (Å²) in [6, 6.07) is 13.8. The minimum absolute atomic E-state index is 0.183. The Labute approximate surface area is 190 Å². The maximum Gasteiger partial charge on any atom is 0.350 e. The molecule has 0 aliphatic heterocycles. The number of aromatic nitrogens is 5. The Morgan fingerprint density at radius 2 is 1.70 bits per heavy atom. The standard InChI is InChI=1S/C25H24N6O2/c1-15-5-6-17(3)20(11-15)21-13-22-24-28-31(25(33)29(24)9-10-30(22)27-21)14-23(32)26-19-8-7-16(2)18(4)12-19/h5-13H,14H2,1-4H3,(H,26,32). The molecule has 5 rings (SSSR count). The first-order chi connectivity index (χ1) is 15.8. The molecule has 0 saturated heterocycles. The molecule has 0 fully saturated rings. The number of aryl methyl sites for hydroxylation is 4. The van der Waals surface area contributed by atoms with Crippen molar-refractivity contribution in [2.45, 2.75) is 34.2 Å². The van der Waals surface area contributed by atoms with E-state index in [4.69, 9.17) is 0 Å². The van der Waals surface area contributed by atoms with Gasteiger partial charge in [0, 0.05) is 23.6 Å². The molecular formula is C25H24N6O2. The number of benzene rings is 2. The predicted molar refractivity (Wildman–Crippen MR) is 128 cm³/mol. The Morgan fingerprint density at radius 1 is 0.909 bits per heavy atom. The zero-order valence-electron chi connectivity index (χ0n) is 19.0. The van der Waals surface area contributed by atoms with Crippen molar-refractivity contribution >= 4 is 22.8 Å². The van der Waals surface area contributed by atoms with E-state index in [1.807, 2.05) is 52.0 Å². The van der Waals surface area contributed by atoms with Gasteiger partial charge in [0.25, 0.3) is 0 Å². The van der Waals surface area contributed by atoms with E-state index < -0.39 is 0 Å². The van der Waals surface area contributed by atoms with Gasteiger partial charge in [-0.1, -0.05) is 23.8 Å². The van der Waals surface area contributed by atoms with Crippen LogP contribution in [-0.2, 0) is 11.3 Å². The summed E-state index contributed by atoms with van der Waals surface area (Å²) in [4.78, 5) is 25.5. The molecule has 33 heavy (non-hydrogen) atoms. The van der Waals surface area contributed by atoms with Crippen molar-refractivity contribution in [3.63, 3.8) is 0 Å². The average Bonchev–Trinajstić information content (AvgIpc) is 3.34. The Bertz CT molecular complexity index is 1610. The Morgan fingerprint density at radius 3 is 2.48 bits per heavy atom. The lowest BCUT2D eigenvalue weighted by Crippen LogP contribution is -2.28. The molecule has 0 radical (unpaired) electrons. The van der Waals surface area contributed by atoms with Crippen LogP contribution in [0, 0.1) is 27.7 Å². The Balaban J connectivity index is 1.50. The van der Waals surface area contributed by atoms with E-state index in [0.29, 0.717) is 16.9 Å². The van der Waals surface area contributed by atoms with Gasteiger partial charge in [-0.3, -0.25) is 4.79 Å². The summed E-state index contributed by atoms with van der Waals surface area (Å²) in [5, 5.41) is 12.0. The number of nitrogens with one attached hydrogen (secondary N) is 1. The Kier molecular flexibility index (Phi) is 4.85. The van der Waals surface area contributed by atoms with Crippen molar-refractivity contribution < 1.29 is 4.79 Å². The molecular weight excluding hydrogens is 416 g/mol. The van der Waals surface area contributed by atoms with Crippen molar-refractivity contribution in [1.29, 1.82) is 0 Å². The molecule has 1 N–H and O–H groups in total. The fourth-order valence-electron chi connectivity index (χ4n) is 3.94. The van der Waals surface area contributed by atoms with Gasteiger partial charge in [0.2, 0.25) is 5.91 Å². The summed E-state index contributed by atoms with van der Waals surface area (Å²) in [5.74, 6) is -0.315. The second kappa shape index (κ2) is 7.74. The van der Waals surface area contributed by atoms with Crippen molar-refractivity contribution in [2.75, 3.05) is 5.32 Å². The summed E-state index contributed by atoms with van der Waals surface area (Å²) in [6.45, 7) is 7.90. The normalized spacial score (nSPS) is 11.4. The van der Waals surface area contributed by atoms with Gasteiger partial charge in [0.15, 0.2) is 5.65 Å². The monoisotopic (exact) mass is 440 g/mol. The fourth-order valence-corrected chi connectivity index (χ4v) is 3.94. The summed E-state index contributed by atoms with van der Waals surface area (Å²) < 4.78 is 4.32. The summed E-state index contributed by atoms with van der Waals surface area (Å²) >= 11 is 0. The van der Waals surface area contributed by atoms with Gasteiger partial charge in [0.05, 0.1) is 5.69 Å². The van der Waals surface area contributed by atoms with Crippen LogP contribution in [0.1, 0.15) is 22.3 Å². The first-order valence-electron chi connectivity index (χ1n) is 10.7. The lowest BCUT2D eigenvalue weighted by atomic mass is 10.0. The van der Waals surface area contributed by atoms with Gasteiger partial charge in [-0.2, -0.15) is 5.10 Å². The van der Waals surface area contributed by atoms with E-state index in [2.05, 4.69) is 33.7 Å². The molecule has 0 spiro atoms. The average molecular weight is 441 g/mol. The van der Waals surface area contributed by atoms with Crippen LogP contribution in [0.2, 0.25) is 0 Å². The van der Waals surface area contributed by atoms with E-state index in [1.165, 1.54) is 9.08 Å². The maximum absolute atomic E-state index is 12.9. The lowest BCUT2D eigenvalue weighted by Gasteiger charge is -2.07. The zero-order valence-corrected chi connectivity index (χ0v) is 19.0. The third-order valence-electron chi connectivity index (χ3n) is 5.95. The van der Waals surface area contributed by atoms with Gasteiger partial charge in [-0.15, -0.1) is 5.10 Å². The number of nitrogens with zero attached hydrogens (tertiary/aromatic N) is 5. The van der Waals surface area contributed by atoms with E-state index in [-0.39, 0.29) is 18.1 Å². The molecule has 3 aromatic heterocycles. The van der Waals surface area contributed by atoms with E-state index in [1.54, 1.807) is 16.9 Å². The third-order valence-corrected chi connectivity index (χ3v) is 5.95. The van der Waals surface area contributed by atoms with E-state index >= 15 is 0 Å². The quantitative estimate of drug-likeness (QED) is 0.462. The first kappa shape index (κ1) is 20.7. The van der Waals surface area contributed by atoms with Crippen LogP contribution < -0.4 is 11.0 Å². The molecule has 0 aliphatic carbocycles. The van der Waals surface area contributed by atoms with Gasteiger partial charge in [-0.25, -0.2) is 18.4 Å². The highest BCUT2D eigenvalue weighted by Gasteiger charge is 2.16. The number of fused-ring (bicyclic) bond motifs is 3. The molecule has 0 unspecified atom stereocenters. The lowest BCUT2D eigenvalue weighted by molar-refractivity contribution is -0.117. The number of hydrogen-bond acceptors (Lipinski definition) is 4. The summed E-state index contributed by atoms with van der Waals surface area (Å²) in [7, 11) is 0. The van der Waals surface area contributed by atoms with Crippen molar-refractivity contribution in [3.8, 4) is 11.3 Å². The zero-order chi connectivity index (χ0) is 23.3. The molecule has 0 bridgehead atoms. The minimum Gasteiger partial charge on any atom is -0.324 e. The second-order valence-corrected chi connectivity index (χ2v) is 8.46. The van der Waals surface area contributed by atoms with Crippen LogP contribution in [-0.4, -0.2) is 29.7 Å². The number of anilines is 1. The largest absolute Gasteiger partial charge is 0.350 e. The summed E-state index contributed by atoms with van der Waals surface area (Å²) in [6.07, 6.45) is 3.34. The van der Waals surface area contributed by atoms with Crippen LogP contribution >= 0.6 is 0 Å². The van der Waals surface area contributed by atoms with Gasteiger partial charge < -0.3 is 5.32 Å². The van der Waals surface area contributed by atoms with E-state index in [0.717, 1.165) is 33.5 Å². The molecule has 166 valence electrons. The Hall–Kier alpha value is -4.20. The molecule has 2 aromatic carbocycles. The number of hydrogen-bond donors (Lipinski definition) is 1. The van der Waals surface area contributed by atoms with Crippen molar-refractivity contribution in [3.05, 3.63) is 87.6 Å². The van der Waals surface area contributed by atoms with Crippen LogP contribution in [0.15, 0.2) is 59.7 Å². The van der Waals surface area contributed by atoms with E-state index in [9.17, 15) is 9.59 Å². The highest BCUT2D eigenvalue weighted by atomic mass is 16.2. The van der Waals surface area contributed by atoms with Gasteiger partial charge in [0.1, 0.15) is 12.1 Å². The molecule has 3 heterocycles. The third kappa shape index (κ3) is 3.69. The maximum atomic E-state index is 12.9. The molecule has 0 aliphatic rings. The number of amides is 1. The molecule has 0 atom stereocenters. The highest BCUT2D eigenvalue weighted by molar-refractivity contribution is 5.90. The SMILES string of the molecule is Cc1ccc(C)c(-c2cc3c4nn(CC(=O)Nc5ccc(C)c(C)c5)c(=O)n4ccn3n2)c1. The van der Waals surface area contributed by atoms with Crippen molar-refractivity contribution in [2.24, 2.45) is 0 Å². The molecule has 0 saturated carbocycles. The minimum atomic E-state index is -0.378. The second-order valence-electron chi connectivity index (χ2n) is 8.46. The molecule has 8 heteroatoms.